The molecule has 0 bridgehead atoms. The molecule has 0 aliphatic rings. The van der Waals surface area contributed by atoms with Crippen LogP contribution in [0.2, 0.25) is 0 Å². The zero-order valence-electron chi connectivity index (χ0n) is 21.8. The zero-order valence-corrected chi connectivity index (χ0v) is 22.7. The van der Waals surface area contributed by atoms with Gasteiger partial charge in [-0.15, -0.1) is 0 Å². The van der Waals surface area contributed by atoms with Crippen molar-refractivity contribution in [2.75, 3.05) is 29.0 Å². The largest absolute Gasteiger partial charge is 0.416 e. The van der Waals surface area contributed by atoms with Crippen LogP contribution in [0.1, 0.15) is 45.7 Å². The van der Waals surface area contributed by atoms with Gasteiger partial charge in [0.2, 0.25) is 0 Å². The molecule has 4 aromatic rings. The van der Waals surface area contributed by atoms with Crippen LogP contribution in [0.3, 0.4) is 0 Å². The number of fused-ring (bicyclic) bond motifs is 1. The van der Waals surface area contributed by atoms with E-state index in [-0.39, 0.29) is 11.6 Å². The van der Waals surface area contributed by atoms with Gasteiger partial charge in [-0.3, -0.25) is 14.9 Å². The summed E-state index contributed by atoms with van der Waals surface area (Å²) in [4.78, 5) is 44.0. The summed E-state index contributed by atoms with van der Waals surface area (Å²) in [6, 6.07) is 13.6. The van der Waals surface area contributed by atoms with Crippen molar-refractivity contribution in [1.29, 1.82) is 0 Å². The molecule has 40 heavy (non-hydrogen) atoms. The van der Waals surface area contributed by atoms with Crippen LogP contribution in [0, 0.1) is 6.92 Å². The molecule has 3 N–H and O–H groups in total. The number of nitrogens with one attached hydrogen (secondary N) is 3. The second-order valence-corrected chi connectivity index (χ2v) is 9.85. The van der Waals surface area contributed by atoms with Gasteiger partial charge in [0, 0.05) is 35.6 Å². The fraction of sp³-hybridized carbons (Fsp3) is 0.214. The van der Waals surface area contributed by atoms with Gasteiger partial charge in [0.25, 0.3) is 11.8 Å². The smallest absolute Gasteiger partial charge is 0.325 e. The summed E-state index contributed by atoms with van der Waals surface area (Å²) < 4.78 is 39.8. The van der Waals surface area contributed by atoms with Gasteiger partial charge in [-0.25, -0.2) is 9.78 Å². The summed E-state index contributed by atoms with van der Waals surface area (Å²) in [5.74, 6) is -1.12. The van der Waals surface area contributed by atoms with Crippen LogP contribution in [0.15, 0.2) is 60.7 Å². The summed E-state index contributed by atoms with van der Waals surface area (Å²) in [6.45, 7) is 6.66. The number of aryl methyl sites for hydroxylation is 1. The number of alkyl halides is 3. The molecule has 4 rings (SSSR count). The zero-order chi connectivity index (χ0) is 29.0. The minimum absolute atomic E-state index is 0.147. The van der Waals surface area contributed by atoms with Crippen molar-refractivity contribution >= 4 is 55.9 Å². The molecule has 1 heterocycles. The van der Waals surface area contributed by atoms with Crippen molar-refractivity contribution in [3.05, 3.63) is 82.9 Å². The van der Waals surface area contributed by atoms with Crippen molar-refractivity contribution in [2.45, 2.75) is 26.9 Å². The molecule has 0 fully saturated rings. The first-order valence-corrected chi connectivity index (χ1v) is 13.2. The van der Waals surface area contributed by atoms with Gasteiger partial charge in [-0.05, 0) is 74.9 Å². The molecule has 208 valence electrons. The molecule has 0 aliphatic heterocycles. The van der Waals surface area contributed by atoms with E-state index < -0.39 is 23.6 Å². The van der Waals surface area contributed by atoms with Crippen LogP contribution < -0.4 is 16.0 Å². The highest BCUT2D eigenvalue weighted by atomic mass is 32.1. The molecule has 4 amide bonds. The van der Waals surface area contributed by atoms with E-state index in [0.717, 1.165) is 12.1 Å². The third-order valence-corrected chi connectivity index (χ3v) is 7.04. The maximum Gasteiger partial charge on any atom is 0.416 e. The summed E-state index contributed by atoms with van der Waals surface area (Å²) >= 11 is 1.25. The van der Waals surface area contributed by atoms with E-state index in [4.69, 9.17) is 0 Å². The van der Waals surface area contributed by atoms with Gasteiger partial charge in [0.05, 0.1) is 15.8 Å². The Labute approximate surface area is 232 Å². The summed E-state index contributed by atoms with van der Waals surface area (Å²) in [6.07, 6.45) is -4.57. The number of carbonyl (C=O) groups is 3. The van der Waals surface area contributed by atoms with Crippen LogP contribution in [0.4, 0.5) is 34.5 Å². The van der Waals surface area contributed by atoms with Crippen molar-refractivity contribution in [2.24, 2.45) is 0 Å². The van der Waals surface area contributed by atoms with E-state index in [1.165, 1.54) is 29.5 Å². The molecular weight excluding hydrogens is 543 g/mol. The average Bonchev–Trinajstić information content (AvgIpc) is 3.32. The first-order valence-electron chi connectivity index (χ1n) is 12.4. The fourth-order valence-electron chi connectivity index (χ4n) is 3.87. The molecule has 0 spiro atoms. The molecule has 0 saturated carbocycles. The Morgan fingerprint density at radius 2 is 1.57 bits per heavy atom. The third-order valence-electron chi connectivity index (χ3n) is 6.11. The molecule has 0 saturated heterocycles. The lowest BCUT2D eigenvalue weighted by molar-refractivity contribution is -0.137. The monoisotopic (exact) mass is 569 g/mol. The highest BCUT2D eigenvalue weighted by Crippen LogP contribution is 2.30. The van der Waals surface area contributed by atoms with E-state index in [1.54, 1.807) is 42.2 Å². The number of anilines is 3. The second kappa shape index (κ2) is 11.7. The van der Waals surface area contributed by atoms with Gasteiger partial charge in [0.1, 0.15) is 0 Å². The number of hydrogen-bond acceptors (Lipinski definition) is 5. The number of urea groups is 1. The lowest BCUT2D eigenvalue weighted by atomic mass is 10.1. The third kappa shape index (κ3) is 6.57. The van der Waals surface area contributed by atoms with Crippen LogP contribution in [-0.2, 0) is 6.18 Å². The van der Waals surface area contributed by atoms with Crippen molar-refractivity contribution in [3.8, 4) is 0 Å². The number of carbonyl (C=O) groups excluding carboxylic acids is 3. The Bertz CT molecular complexity index is 1580. The fourth-order valence-corrected chi connectivity index (χ4v) is 4.76. The predicted molar refractivity (Wildman–Crippen MR) is 150 cm³/mol. The molecule has 0 radical (unpaired) electrons. The average molecular weight is 570 g/mol. The number of hydrogen-bond donors (Lipinski definition) is 3. The molecular formula is C28H26F3N5O3S. The van der Waals surface area contributed by atoms with E-state index in [9.17, 15) is 27.6 Å². The molecule has 0 atom stereocenters. The van der Waals surface area contributed by atoms with Crippen molar-refractivity contribution in [1.82, 2.24) is 9.88 Å². The van der Waals surface area contributed by atoms with Crippen LogP contribution >= 0.6 is 11.3 Å². The summed E-state index contributed by atoms with van der Waals surface area (Å²) in [5, 5.41) is 8.58. The predicted octanol–water partition coefficient (Wildman–Crippen LogP) is 7.00. The molecule has 0 unspecified atom stereocenters. The quantitative estimate of drug-likeness (QED) is 0.223. The minimum Gasteiger partial charge on any atom is -0.325 e. The van der Waals surface area contributed by atoms with E-state index in [1.807, 2.05) is 13.8 Å². The first kappa shape index (κ1) is 28.6. The van der Waals surface area contributed by atoms with E-state index in [0.29, 0.717) is 50.9 Å². The van der Waals surface area contributed by atoms with Gasteiger partial charge in [0.15, 0.2) is 5.13 Å². The topological polar surface area (TPSA) is 103 Å². The molecule has 0 aliphatic carbocycles. The Hall–Kier alpha value is -4.45. The van der Waals surface area contributed by atoms with Crippen molar-refractivity contribution in [3.63, 3.8) is 0 Å². The van der Waals surface area contributed by atoms with Crippen LogP contribution in [0.5, 0.6) is 0 Å². The molecule has 8 nitrogen and oxygen atoms in total. The van der Waals surface area contributed by atoms with Crippen LogP contribution in [-0.4, -0.2) is 40.8 Å². The van der Waals surface area contributed by atoms with Crippen LogP contribution in [0.25, 0.3) is 10.2 Å². The molecule has 12 heteroatoms. The molecule has 3 aromatic carbocycles. The lowest BCUT2D eigenvalue weighted by Gasteiger charge is -2.17. The van der Waals surface area contributed by atoms with Gasteiger partial charge >= 0.3 is 12.2 Å². The number of nitrogens with zero attached hydrogens (tertiary/aromatic N) is 2. The first-order chi connectivity index (χ1) is 19.0. The minimum atomic E-state index is -4.57. The maximum absolute atomic E-state index is 13.1. The van der Waals surface area contributed by atoms with Gasteiger partial charge in [-0.2, -0.15) is 13.2 Å². The highest BCUT2D eigenvalue weighted by Gasteiger charge is 2.31. The number of rotatable bonds is 7. The van der Waals surface area contributed by atoms with E-state index >= 15 is 0 Å². The second-order valence-electron chi connectivity index (χ2n) is 8.82. The number of benzene rings is 3. The normalized spacial score (nSPS) is 11.2. The number of halogens is 3. The standard InChI is InChI=1S/C28H26F3N5O3S/c1-4-36(5-2)27(39)35-26-34-21-12-10-18(14-23(21)40-26)25(38)33-22-15-20(11-9-16(22)3)32-24(37)17-7-6-8-19(13-17)28(29,30)31/h6-15H,4-5H2,1-3H3,(H,32,37)(H,33,38)(H,34,35,39). The summed E-state index contributed by atoms with van der Waals surface area (Å²) in [5.41, 5.74) is 1.35. The highest BCUT2D eigenvalue weighted by molar-refractivity contribution is 7.22. The van der Waals surface area contributed by atoms with E-state index in [2.05, 4.69) is 20.9 Å². The Balaban J connectivity index is 1.48. The maximum atomic E-state index is 13.1. The van der Waals surface area contributed by atoms with Crippen molar-refractivity contribution < 1.29 is 27.6 Å². The number of aromatic nitrogens is 1. The van der Waals surface area contributed by atoms with Gasteiger partial charge in [-0.1, -0.05) is 23.5 Å². The lowest BCUT2D eigenvalue weighted by Crippen LogP contribution is -2.34. The Kier molecular flexibility index (Phi) is 8.38. The number of amides is 4. The van der Waals surface area contributed by atoms with Gasteiger partial charge < -0.3 is 15.5 Å². The Morgan fingerprint density at radius 1 is 0.875 bits per heavy atom. The summed E-state index contributed by atoms with van der Waals surface area (Å²) in [7, 11) is 0. The molecule has 1 aromatic heterocycles. The number of thiazole rings is 1. The SMILES string of the molecule is CCN(CC)C(=O)Nc1nc2ccc(C(=O)Nc3cc(NC(=O)c4cccc(C(F)(F)F)c4)ccc3C)cc2s1. The Morgan fingerprint density at radius 3 is 2.27 bits per heavy atom.